The van der Waals surface area contributed by atoms with Gasteiger partial charge in [-0.15, -0.1) is 0 Å². The van der Waals surface area contributed by atoms with Gasteiger partial charge in [-0.05, 0) is 69.9 Å². The SMILES string of the molecule is CCCN(C(=O)C(CC(C)C)NC(=O)OC(C)(C)C)C(C(=O)Nc1ccc(OC)cc1)c1ccccc1O. The Kier molecular flexibility index (Phi) is 11.0. The van der Waals surface area contributed by atoms with Gasteiger partial charge < -0.3 is 30.1 Å². The van der Waals surface area contributed by atoms with Gasteiger partial charge in [0.05, 0.1) is 7.11 Å². The first-order valence-electron chi connectivity index (χ1n) is 12.9. The van der Waals surface area contributed by atoms with Crippen LogP contribution in [-0.4, -0.2) is 53.2 Å². The second-order valence-electron chi connectivity index (χ2n) is 10.5. The zero-order valence-electron chi connectivity index (χ0n) is 23.4. The average Bonchev–Trinajstić information content (AvgIpc) is 2.83. The third kappa shape index (κ3) is 8.97. The average molecular weight is 528 g/mol. The highest BCUT2D eigenvalue weighted by Crippen LogP contribution is 2.31. The maximum Gasteiger partial charge on any atom is 0.408 e. The van der Waals surface area contributed by atoms with Gasteiger partial charge in [0.2, 0.25) is 5.91 Å². The van der Waals surface area contributed by atoms with Gasteiger partial charge in [-0.1, -0.05) is 39.0 Å². The maximum absolute atomic E-state index is 14.0. The van der Waals surface area contributed by atoms with E-state index in [4.69, 9.17) is 9.47 Å². The Morgan fingerprint density at radius 1 is 1.03 bits per heavy atom. The minimum absolute atomic E-state index is 0.0686. The fourth-order valence-electron chi connectivity index (χ4n) is 4.00. The summed E-state index contributed by atoms with van der Waals surface area (Å²) in [7, 11) is 1.55. The number of nitrogens with zero attached hydrogens (tertiary/aromatic N) is 1. The second-order valence-corrected chi connectivity index (χ2v) is 10.5. The van der Waals surface area contributed by atoms with Crippen LogP contribution in [0.1, 0.15) is 66.0 Å². The van der Waals surface area contributed by atoms with Crippen molar-refractivity contribution >= 4 is 23.6 Å². The lowest BCUT2D eigenvalue weighted by Gasteiger charge is -2.35. The standard InChI is InChI=1S/C29H41N3O6/c1-8-17-32(27(35)23(18-19(2)3)31-28(36)38-29(4,5)6)25(22-11-9-10-12-24(22)33)26(34)30-20-13-15-21(37-7)16-14-20/h9-16,19,23,25,33H,8,17-18H2,1-7H3,(H,30,34)(H,31,36). The van der Waals surface area contributed by atoms with Crippen molar-refractivity contribution in [3.8, 4) is 11.5 Å². The topological polar surface area (TPSA) is 117 Å². The fraction of sp³-hybridized carbons (Fsp3) is 0.483. The van der Waals surface area contributed by atoms with Gasteiger partial charge in [0.25, 0.3) is 5.91 Å². The molecule has 0 bridgehead atoms. The van der Waals surface area contributed by atoms with Gasteiger partial charge >= 0.3 is 6.09 Å². The van der Waals surface area contributed by atoms with Crippen molar-refractivity contribution in [1.82, 2.24) is 10.2 Å². The quantitative estimate of drug-likeness (QED) is 0.367. The molecule has 0 saturated carbocycles. The zero-order chi connectivity index (χ0) is 28.5. The molecule has 2 aromatic rings. The molecule has 0 aliphatic heterocycles. The number of benzene rings is 2. The molecular formula is C29H41N3O6. The summed E-state index contributed by atoms with van der Waals surface area (Å²) in [6, 6.07) is 11.2. The van der Waals surface area contributed by atoms with Crippen molar-refractivity contribution in [3.05, 3.63) is 54.1 Å². The molecule has 0 heterocycles. The normalized spacial score (nSPS) is 12.8. The number of para-hydroxylation sites is 1. The minimum atomic E-state index is -1.15. The zero-order valence-corrected chi connectivity index (χ0v) is 23.4. The van der Waals surface area contributed by atoms with Crippen LogP contribution < -0.4 is 15.4 Å². The van der Waals surface area contributed by atoms with Crippen LogP contribution in [-0.2, 0) is 14.3 Å². The summed E-state index contributed by atoms with van der Waals surface area (Å²) in [5.41, 5.74) is 0.0431. The summed E-state index contributed by atoms with van der Waals surface area (Å²) in [5.74, 6) is -0.354. The largest absolute Gasteiger partial charge is 0.508 e. The summed E-state index contributed by atoms with van der Waals surface area (Å²) < 4.78 is 10.6. The van der Waals surface area contributed by atoms with Crippen LogP contribution in [0.15, 0.2) is 48.5 Å². The molecule has 0 fully saturated rings. The first-order valence-corrected chi connectivity index (χ1v) is 12.9. The third-order valence-corrected chi connectivity index (χ3v) is 5.59. The first kappa shape index (κ1) is 30.5. The number of anilines is 1. The number of hydrogen-bond donors (Lipinski definition) is 3. The number of carbonyl (C=O) groups excluding carboxylic acids is 3. The molecule has 0 aliphatic rings. The molecule has 0 aliphatic carbocycles. The summed E-state index contributed by atoms with van der Waals surface area (Å²) in [4.78, 5) is 41.8. The number of phenolic OH excluding ortho intramolecular Hbond substituents is 1. The fourth-order valence-corrected chi connectivity index (χ4v) is 4.00. The highest BCUT2D eigenvalue weighted by atomic mass is 16.6. The Bertz CT molecular complexity index is 1080. The molecule has 2 unspecified atom stereocenters. The molecule has 3 amide bonds. The van der Waals surface area contributed by atoms with Crippen molar-refractivity contribution < 1.29 is 29.0 Å². The maximum atomic E-state index is 14.0. The monoisotopic (exact) mass is 527 g/mol. The number of amides is 3. The molecule has 2 rings (SSSR count). The Hall–Kier alpha value is -3.75. The predicted molar refractivity (Wildman–Crippen MR) is 147 cm³/mol. The van der Waals surface area contributed by atoms with Gasteiger partial charge in [0.1, 0.15) is 29.2 Å². The Morgan fingerprint density at radius 2 is 1.66 bits per heavy atom. The van der Waals surface area contributed by atoms with Crippen LogP contribution in [0.3, 0.4) is 0 Å². The number of hydrogen-bond acceptors (Lipinski definition) is 6. The summed E-state index contributed by atoms with van der Waals surface area (Å²) in [6.45, 7) is 11.2. The number of phenols is 1. The van der Waals surface area contributed by atoms with E-state index in [0.29, 0.717) is 24.3 Å². The molecule has 208 valence electrons. The van der Waals surface area contributed by atoms with Gasteiger partial charge in [0.15, 0.2) is 0 Å². The number of alkyl carbamates (subject to hydrolysis) is 1. The molecule has 2 aromatic carbocycles. The lowest BCUT2D eigenvalue weighted by atomic mass is 9.98. The van der Waals surface area contributed by atoms with Crippen molar-refractivity contribution in [2.24, 2.45) is 5.92 Å². The van der Waals surface area contributed by atoms with Gasteiger partial charge in [-0.2, -0.15) is 0 Å². The number of carbonyl (C=O) groups is 3. The number of nitrogens with one attached hydrogen (secondary N) is 2. The van der Waals surface area contributed by atoms with Crippen LogP contribution in [0.25, 0.3) is 0 Å². The molecule has 9 heteroatoms. The second kappa shape index (κ2) is 13.7. The van der Waals surface area contributed by atoms with Gasteiger partial charge in [-0.3, -0.25) is 9.59 Å². The van der Waals surface area contributed by atoms with E-state index in [2.05, 4.69) is 10.6 Å². The Morgan fingerprint density at radius 3 is 2.18 bits per heavy atom. The van der Waals surface area contributed by atoms with E-state index in [0.717, 1.165) is 0 Å². The number of methoxy groups -OCH3 is 1. The Balaban J connectivity index is 2.49. The molecule has 9 nitrogen and oxygen atoms in total. The van der Waals surface area contributed by atoms with Gasteiger partial charge in [-0.25, -0.2) is 4.79 Å². The van der Waals surface area contributed by atoms with E-state index in [1.54, 1.807) is 70.3 Å². The van der Waals surface area contributed by atoms with Crippen molar-refractivity contribution in [3.63, 3.8) is 0 Å². The number of aromatic hydroxyl groups is 1. The van der Waals surface area contributed by atoms with Crippen LogP contribution in [0.4, 0.5) is 10.5 Å². The third-order valence-electron chi connectivity index (χ3n) is 5.59. The van der Waals surface area contributed by atoms with Crippen molar-refractivity contribution in [2.45, 2.75) is 72.1 Å². The highest BCUT2D eigenvalue weighted by molar-refractivity contribution is 5.99. The molecule has 0 saturated heterocycles. The molecule has 0 aromatic heterocycles. The van der Waals surface area contributed by atoms with Crippen LogP contribution in [0.2, 0.25) is 0 Å². The van der Waals surface area contributed by atoms with Crippen LogP contribution >= 0.6 is 0 Å². The van der Waals surface area contributed by atoms with Crippen LogP contribution in [0.5, 0.6) is 11.5 Å². The molecule has 38 heavy (non-hydrogen) atoms. The van der Waals surface area contributed by atoms with E-state index >= 15 is 0 Å². The smallest absolute Gasteiger partial charge is 0.408 e. The van der Waals surface area contributed by atoms with Crippen molar-refractivity contribution in [1.29, 1.82) is 0 Å². The number of ether oxygens (including phenoxy) is 2. The minimum Gasteiger partial charge on any atom is -0.508 e. The van der Waals surface area contributed by atoms with E-state index in [1.165, 1.54) is 11.0 Å². The van der Waals surface area contributed by atoms with Gasteiger partial charge in [0, 0.05) is 17.8 Å². The molecule has 0 spiro atoms. The predicted octanol–water partition coefficient (Wildman–Crippen LogP) is 5.26. The lowest BCUT2D eigenvalue weighted by Crippen LogP contribution is -2.53. The lowest BCUT2D eigenvalue weighted by molar-refractivity contribution is -0.141. The van der Waals surface area contributed by atoms with E-state index in [-0.39, 0.29) is 23.8 Å². The summed E-state index contributed by atoms with van der Waals surface area (Å²) in [6.07, 6.45) is 0.174. The molecule has 3 N–H and O–H groups in total. The Labute approximate surface area is 225 Å². The highest BCUT2D eigenvalue weighted by Gasteiger charge is 2.37. The molecular weight excluding hydrogens is 486 g/mol. The van der Waals surface area contributed by atoms with E-state index in [1.807, 2.05) is 20.8 Å². The van der Waals surface area contributed by atoms with E-state index < -0.39 is 35.6 Å². The van der Waals surface area contributed by atoms with E-state index in [9.17, 15) is 19.5 Å². The molecule has 0 radical (unpaired) electrons. The summed E-state index contributed by atoms with van der Waals surface area (Å²) in [5, 5.41) is 16.3. The molecule has 2 atom stereocenters. The van der Waals surface area contributed by atoms with Crippen molar-refractivity contribution in [2.75, 3.05) is 19.0 Å². The summed E-state index contributed by atoms with van der Waals surface area (Å²) >= 11 is 0. The van der Waals surface area contributed by atoms with Crippen LogP contribution in [0, 0.1) is 5.92 Å². The first-order chi connectivity index (χ1) is 17.9. The number of rotatable bonds is 11.